The highest BCUT2D eigenvalue weighted by Crippen LogP contribution is 2.35. The summed E-state index contributed by atoms with van der Waals surface area (Å²) in [5, 5.41) is 5.11. The van der Waals surface area contributed by atoms with Gasteiger partial charge in [-0.25, -0.2) is 4.98 Å². The number of aryl methyl sites for hydroxylation is 2. The van der Waals surface area contributed by atoms with Gasteiger partial charge in [0, 0.05) is 0 Å². The molecule has 1 aliphatic carbocycles. The summed E-state index contributed by atoms with van der Waals surface area (Å²) in [7, 11) is 0. The summed E-state index contributed by atoms with van der Waals surface area (Å²) in [5.74, 6) is 1.20. The Morgan fingerprint density at radius 2 is 1.89 bits per heavy atom. The summed E-state index contributed by atoms with van der Waals surface area (Å²) in [5.41, 5.74) is 6.95. The average Bonchev–Trinajstić information content (AvgIpc) is 2.97. The highest BCUT2D eigenvalue weighted by molar-refractivity contribution is 7.15. The van der Waals surface area contributed by atoms with Gasteiger partial charge in [0.15, 0.2) is 5.82 Å². The molecule has 0 atom stereocenters. The molecule has 2 aromatic rings. The molecular formula is C13H18N4OS. The van der Waals surface area contributed by atoms with Gasteiger partial charge in [-0.05, 0) is 26.7 Å². The lowest BCUT2D eigenvalue weighted by Gasteiger charge is -2.29. The lowest BCUT2D eigenvalue weighted by Crippen LogP contribution is -2.39. The molecule has 0 aliphatic heterocycles. The van der Waals surface area contributed by atoms with E-state index in [2.05, 4.69) is 15.1 Å². The molecule has 102 valence electrons. The van der Waals surface area contributed by atoms with Gasteiger partial charge in [-0.3, -0.25) is 0 Å². The normalized spacial score (nSPS) is 18.7. The molecule has 0 amide bonds. The number of nitrogens with zero attached hydrogens (tertiary/aromatic N) is 3. The Kier molecular flexibility index (Phi) is 3.14. The average molecular weight is 278 g/mol. The first kappa shape index (κ1) is 12.7. The Balaban J connectivity index is 1.93. The minimum absolute atomic E-state index is 0.409. The summed E-state index contributed by atoms with van der Waals surface area (Å²) < 4.78 is 5.39. The molecule has 19 heavy (non-hydrogen) atoms. The van der Waals surface area contributed by atoms with E-state index in [0.717, 1.165) is 41.3 Å². The molecule has 1 fully saturated rings. The summed E-state index contributed by atoms with van der Waals surface area (Å²) in [4.78, 5) is 9.86. The zero-order valence-corrected chi connectivity index (χ0v) is 12.1. The molecule has 0 radical (unpaired) electrons. The second-order valence-corrected chi connectivity index (χ2v) is 6.49. The molecule has 0 saturated heterocycles. The van der Waals surface area contributed by atoms with Gasteiger partial charge in [0.2, 0.25) is 0 Å². The van der Waals surface area contributed by atoms with Crippen LogP contribution < -0.4 is 5.73 Å². The van der Waals surface area contributed by atoms with Gasteiger partial charge in [0.1, 0.15) is 4.88 Å². The summed E-state index contributed by atoms with van der Waals surface area (Å²) >= 11 is 1.58. The third-order valence-electron chi connectivity index (χ3n) is 3.71. The fourth-order valence-electron chi connectivity index (χ4n) is 2.65. The Bertz CT molecular complexity index is 583. The summed E-state index contributed by atoms with van der Waals surface area (Å²) in [6.45, 7) is 3.94. The van der Waals surface area contributed by atoms with Gasteiger partial charge in [-0.1, -0.05) is 24.4 Å². The standard InChI is InChI=1S/C13H18N4OS/c1-8-10(19-9(2)15-8)11-16-12(17-18-11)13(14)6-4-3-5-7-13/h3-7,14H2,1-2H3. The predicted molar refractivity (Wildman–Crippen MR) is 73.8 cm³/mol. The van der Waals surface area contributed by atoms with Crippen molar-refractivity contribution in [2.24, 2.45) is 5.73 Å². The van der Waals surface area contributed by atoms with Crippen LogP contribution in [0.5, 0.6) is 0 Å². The Morgan fingerprint density at radius 1 is 1.16 bits per heavy atom. The molecule has 1 saturated carbocycles. The highest BCUT2D eigenvalue weighted by Gasteiger charge is 2.34. The zero-order valence-electron chi connectivity index (χ0n) is 11.3. The van der Waals surface area contributed by atoms with Crippen molar-refractivity contribution in [3.05, 3.63) is 16.5 Å². The fourth-order valence-corrected chi connectivity index (χ4v) is 3.50. The van der Waals surface area contributed by atoms with E-state index in [1.54, 1.807) is 11.3 Å². The van der Waals surface area contributed by atoms with E-state index < -0.39 is 5.54 Å². The van der Waals surface area contributed by atoms with Gasteiger partial charge in [-0.2, -0.15) is 4.98 Å². The van der Waals surface area contributed by atoms with Crippen LogP contribution in [-0.4, -0.2) is 15.1 Å². The third-order valence-corrected chi connectivity index (χ3v) is 4.78. The van der Waals surface area contributed by atoms with Crippen LogP contribution in [0.3, 0.4) is 0 Å². The number of aromatic nitrogens is 3. The minimum atomic E-state index is -0.409. The topological polar surface area (TPSA) is 77.8 Å². The molecule has 6 heteroatoms. The third kappa shape index (κ3) is 2.30. The fraction of sp³-hybridized carbons (Fsp3) is 0.615. The van der Waals surface area contributed by atoms with Crippen LogP contribution in [0.25, 0.3) is 10.8 Å². The van der Waals surface area contributed by atoms with Crippen LogP contribution in [0, 0.1) is 13.8 Å². The van der Waals surface area contributed by atoms with Crippen LogP contribution >= 0.6 is 11.3 Å². The molecule has 2 aromatic heterocycles. The number of thiazole rings is 1. The first-order valence-corrected chi connectivity index (χ1v) is 7.48. The van der Waals surface area contributed by atoms with Gasteiger partial charge < -0.3 is 10.3 Å². The van der Waals surface area contributed by atoms with Crippen molar-refractivity contribution in [3.8, 4) is 10.8 Å². The van der Waals surface area contributed by atoms with E-state index in [1.165, 1.54) is 6.42 Å². The van der Waals surface area contributed by atoms with Crippen molar-refractivity contribution in [2.75, 3.05) is 0 Å². The van der Waals surface area contributed by atoms with Crippen molar-refractivity contribution in [1.82, 2.24) is 15.1 Å². The zero-order chi connectivity index (χ0) is 13.5. The summed E-state index contributed by atoms with van der Waals surface area (Å²) in [6, 6.07) is 0. The second kappa shape index (κ2) is 4.68. The predicted octanol–water partition coefficient (Wildman–Crippen LogP) is 2.93. The van der Waals surface area contributed by atoms with Crippen LogP contribution in [0.2, 0.25) is 0 Å². The molecule has 2 N–H and O–H groups in total. The number of rotatable bonds is 2. The maximum atomic E-state index is 6.42. The maximum absolute atomic E-state index is 6.42. The van der Waals surface area contributed by atoms with E-state index in [0.29, 0.717) is 11.7 Å². The first-order valence-electron chi connectivity index (χ1n) is 6.66. The van der Waals surface area contributed by atoms with Crippen LogP contribution in [0.1, 0.15) is 48.6 Å². The molecule has 1 aliphatic rings. The molecule has 0 spiro atoms. The number of hydrogen-bond donors (Lipinski definition) is 1. The van der Waals surface area contributed by atoms with Crippen LogP contribution in [0.4, 0.5) is 0 Å². The second-order valence-electron chi connectivity index (χ2n) is 5.29. The molecule has 0 aromatic carbocycles. The van der Waals surface area contributed by atoms with Crippen molar-refractivity contribution in [2.45, 2.75) is 51.5 Å². The lowest BCUT2D eigenvalue weighted by molar-refractivity contribution is 0.275. The monoisotopic (exact) mass is 278 g/mol. The van der Waals surface area contributed by atoms with Gasteiger partial charge in [0.05, 0.1) is 16.2 Å². The van der Waals surface area contributed by atoms with Gasteiger partial charge in [-0.15, -0.1) is 11.3 Å². The van der Waals surface area contributed by atoms with E-state index >= 15 is 0 Å². The van der Waals surface area contributed by atoms with Crippen LogP contribution in [0.15, 0.2) is 4.52 Å². The van der Waals surface area contributed by atoms with E-state index in [4.69, 9.17) is 10.3 Å². The highest BCUT2D eigenvalue weighted by atomic mass is 32.1. The van der Waals surface area contributed by atoms with E-state index in [1.807, 2.05) is 13.8 Å². The van der Waals surface area contributed by atoms with Crippen molar-refractivity contribution in [1.29, 1.82) is 0 Å². The molecule has 2 heterocycles. The van der Waals surface area contributed by atoms with Crippen molar-refractivity contribution in [3.63, 3.8) is 0 Å². The van der Waals surface area contributed by atoms with Gasteiger partial charge >= 0.3 is 0 Å². The van der Waals surface area contributed by atoms with Crippen LogP contribution in [-0.2, 0) is 5.54 Å². The minimum Gasteiger partial charge on any atom is -0.333 e. The number of hydrogen-bond acceptors (Lipinski definition) is 6. The quantitative estimate of drug-likeness (QED) is 0.913. The molecule has 0 unspecified atom stereocenters. The molecule has 0 bridgehead atoms. The molecular weight excluding hydrogens is 260 g/mol. The SMILES string of the molecule is Cc1nc(C)c(-c2nc(C3(N)CCCCC3)no2)s1. The van der Waals surface area contributed by atoms with Crippen molar-refractivity contribution >= 4 is 11.3 Å². The van der Waals surface area contributed by atoms with E-state index in [-0.39, 0.29) is 0 Å². The Hall–Kier alpha value is -1.27. The van der Waals surface area contributed by atoms with E-state index in [9.17, 15) is 0 Å². The Labute approximate surface area is 116 Å². The van der Waals surface area contributed by atoms with Crippen molar-refractivity contribution < 1.29 is 4.52 Å². The largest absolute Gasteiger partial charge is 0.333 e. The number of nitrogens with two attached hydrogens (primary N) is 1. The molecule has 5 nitrogen and oxygen atoms in total. The van der Waals surface area contributed by atoms with Gasteiger partial charge in [0.25, 0.3) is 5.89 Å². The summed E-state index contributed by atoms with van der Waals surface area (Å²) in [6.07, 6.45) is 5.40. The lowest BCUT2D eigenvalue weighted by atomic mass is 9.82. The maximum Gasteiger partial charge on any atom is 0.269 e. The smallest absolute Gasteiger partial charge is 0.269 e. The molecule has 3 rings (SSSR count). The Morgan fingerprint density at radius 3 is 2.53 bits per heavy atom. The first-order chi connectivity index (χ1) is 9.08.